The number of aryl methyl sites for hydroxylation is 1. The first-order chi connectivity index (χ1) is 10.1. The van der Waals surface area contributed by atoms with Gasteiger partial charge in [-0.05, 0) is 17.7 Å². The average Bonchev–Trinajstić information content (AvgIpc) is 2.99. The third-order valence-corrected chi connectivity index (χ3v) is 3.09. The lowest BCUT2D eigenvalue weighted by molar-refractivity contribution is -0.141. The van der Waals surface area contributed by atoms with Crippen molar-refractivity contribution in [1.29, 1.82) is 0 Å². The summed E-state index contributed by atoms with van der Waals surface area (Å²) < 4.78 is 5.14. The molecule has 0 spiro atoms. The highest BCUT2D eigenvalue weighted by atomic mass is 16.4. The van der Waals surface area contributed by atoms with Crippen LogP contribution in [0.25, 0.3) is 0 Å². The van der Waals surface area contributed by atoms with Gasteiger partial charge in [-0.3, -0.25) is 4.79 Å². The Labute approximate surface area is 122 Å². The molecule has 1 heterocycles. The maximum Gasteiger partial charge on any atom is 0.326 e. The molecule has 0 fully saturated rings. The minimum absolute atomic E-state index is 0.200. The van der Waals surface area contributed by atoms with Crippen LogP contribution >= 0.6 is 0 Å². The van der Waals surface area contributed by atoms with Crippen LogP contribution in [0.2, 0.25) is 0 Å². The molecule has 2 aromatic rings. The Bertz CT molecular complexity index is 578. The molecule has 0 saturated heterocycles. The molecule has 0 bridgehead atoms. The SMILES string of the molecule is O=C(CCc1ccco1)NC(Cc1ccccc1)C(=O)O. The lowest BCUT2D eigenvalue weighted by atomic mass is 10.1. The fourth-order valence-electron chi connectivity index (χ4n) is 2.01. The van der Waals surface area contributed by atoms with Crippen molar-refractivity contribution in [2.24, 2.45) is 0 Å². The summed E-state index contributed by atoms with van der Waals surface area (Å²) in [6.45, 7) is 0. The van der Waals surface area contributed by atoms with Crippen molar-refractivity contribution < 1.29 is 19.1 Å². The summed E-state index contributed by atoms with van der Waals surface area (Å²) in [5.41, 5.74) is 0.872. The Morgan fingerprint density at radius 1 is 1.14 bits per heavy atom. The largest absolute Gasteiger partial charge is 0.480 e. The zero-order chi connectivity index (χ0) is 15.1. The number of amides is 1. The lowest BCUT2D eigenvalue weighted by Gasteiger charge is -2.14. The zero-order valence-corrected chi connectivity index (χ0v) is 11.5. The first-order valence-corrected chi connectivity index (χ1v) is 6.73. The van der Waals surface area contributed by atoms with E-state index in [-0.39, 0.29) is 18.7 Å². The lowest BCUT2D eigenvalue weighted by Crippen LogP contribution is -2.42. The highest BCUT2D eigenvalue weighted by Crippen LogP contribution is 2.06. The van der Waals surface area contributed by atoms with Gasteiger partial charge in [0.25, 0.3) is 0 Å². The summed E-state index contributed by atoms with van der Waals surface area (Å²) in [5, 5.41) is 11.7. The third-order valence-electron chi connectivity index (χ3n) is 3.09. The van der Waals surface area contributed by atoms with Crippen LogP contribution in [0.3, 0.4) is 0 Å². The molecule has 1 amide bonds. The van der Waals surface area contributed by atoms with Gasteiger partial charge in [0.15, 0.2) is 0 Å². The van der Waals surface area contributed by atoms with E-state index >= 15 is 0 Å². The molecule has 5 heteroatoms. The number of furan rings is 1. The van der Waals surface area contributed by atoms with E-state index in [1.807, 2.05) is 30.3 Å². The quantitative estimate of drug-likeness (QED) is 0.816. The summed E-state index contributed by atoms with van der Waals surface area (Å²) >= 11 is 0. The normalized spacial score (nSPS) is 11.8. The first kappa shape index (κ1) is 14.8. The van der Waals surface area contributed by atoms with Gasteiger partial charge in [-0.25, -0.2) is 4.79 Å². The number of carboxylic acid groups (broad SMARTS) is 1. The highest BCUT2D eigenvalue weighted by Gasteiger charge is 2.20. The van der Waals surface area contributed by atoms with Gasteiger partial charge in [0.1, 0.15) is 11.8 Å². The van der Waals surface area contributed by atoms with Crippen LogP contribution < -0.4 is 5.32 Å². The van der Waals surface area contributed by atoms with E-state index in [0.717, 1.165) is 5.56 Å². The molecule has 1 aromatic heterocycles. The van der Waals surface area contributed by atoms with Crippen LogP contribution in [-0.4, -0.2) is 23.0 Å². The van der Waals surface area contributed by atoms with E-state index in [0.29, 0.717) is 12.2 Å². The van der Waals surface area contributed by atoms with Crippen LogP contribution in [0, 0.1) is 0 Å². The molecule has 21 heavy (non-hydrogen) atoms. The molecule has 1 atom stereocenters. The van der Waals surface area contributed by atoms with Gasteiger partial charge in [-0.1, -0.05) is 30.3 Å². The highest BCUT2D eigenvalue weighted by molar-refractivity contribution is 5.83. The summed E-state index contributed by atoms with van der Waals surface area (Å²) in [4.78, 5) is 23.1. The fraction of sp³-hybridized carbons (Fsp3) is 0.250. The second-order valence-corrected chi connectivity index (χ2v) is 4.73. The molecule has 0 aliphatic carbocycles. The number of carboxylic acids is 1. The second kappa shape index (κ2) is 7.28. The number of nitrogens with one attached hydrogen (secondary N) is 1. The third kappa shape index (κ3) is 4.80. The van der Waals surface area contributed by atoms with Crippen molar-refractivity contribution in [2.75, 3.05) is 0 Å². The van der Waals surface area contributed by atoms with Crippen LogP contribution in [0.1, 0.15) is 17.7 Å². The molecule has 1 unspecified atom stereocenters. The molecule has 5 nitrogen and oxygen atoms in total. The van der Waals surface area contributed by atoms with Gasteiger partial charge in [0, 0.05) is 19.3 Å². The topological polar surface area (TPSA) is 79.5 Å². The van der Waals surface area contributed by atoms with Gasteiger partial charge in [-0.15, -0.1) is 0 Å². The van der Waals surface area contributed by atoms with E-state index in [9.17, 15) is 14.7 Å². The van der Waals surface area contributed by atoms with Crippen LogP contribution in [0.5, 0.6) is 0 Å². The van der Waals surface area contributed by atoms with E-state index in [1.165, 1.54) is 0 Å². The number of benzene rings is 1. The zero-order valence-electron chi connectivity index (χ0n) is 11.5. The van der Waals surface area contributed by atoms with Gasteiger partial charge < -0.3 is 14.8 Å². The van der Waals surface area contributed by atoms with Crippen LogP contribution in [0.4, 0.5) is 0 Å². The summed E-state index contributed by atoms with van der Waals surface area (Å²) in [6.07, 6.45) is 2.47. The van der Waals surface area contributed by atoms with Crippen LogP contribution in [0.15, 0.2) is 53.1 Å². The maximum atomic E-state index is 11.8. The average molecular weight is 287 g/mol. The predicted molar refractivity (Wildman–Crippen MR) is 76.7 cm³/mol. The predicted octanol–water partition coefficient (Wildman–Crippen LogP) is 2.02. The van der Waals surface area contributed by atoms with Crippen molar-refractivity contribution >= 4 is 11.9 Å². The van der Waals surface area contributed by atoms with Gasteiger partial charge in [0.2, 0.25) is 5.91 Å². The smallest absolute Gasteiger partial charge is 0.326 e. The minimum atomic E-state index is -1.04. The Balaban J connectivity index is 1.87. The summed E-state index contributed by atoms with van der Waals surface area (Å²) in [6, 6.07) is 11.8. The van der Waals surface area contributed by atoms with Crippen molar-refractivity contribution in [2.45, 2.75) is 25.3 Å². The van der Waals surface area contributed by atoms with Crippen molar-refractivity contribution in [3.05, 3.63) is 60.1 Å². The Kier molecular flexibility index (Phi) is 5.15. The number of carbonyl (C=O) groups excluding carboxylic acids is 1. The monoisotopic (exact) mass is 287 g/mol. The summed E-state index contributed by atoms with van der Waals surface area (Å²) in [5.74, 6) is -0.625. The number of aliphatic carboxylic acids is 1. The molecule has 0 radical (unpaired) electrons. The number of hydrogen-bond acceptors (Lipinski definition) is 3. The van der Waals surface area contributed by atoms with Gasteiger partial charge >= 0.3 is 5.97 Å². The molecule has 0 aliphatic rings. The first-order valence-electron chi connectivity index (χ1n) is 6.73. The van der Waals surface area contributed by atoms with E-state index < -0.39 is 12.0 Å². The second-order valence-electron chi connectivity index (χ2n) is 4.73. The van der Waals surface area contributed by atoms with Crippen molar-refractivity contribution in [3.63, 3.8) is 0 Å². The van der Waals surface area contributed by atoms with Crippen molar-refractivity contribution in [3.8, 4) is 0 Å². The number of rotatable bonds is 7. The molecule has 2 rings (SSSR count). The molecule has 0 saturated carbocycles. The number of hydrogen-bond donors (Lipinski definition) is 2. The van der Waals surface area contributed by atoms with Crippen molar-refractivity contribution in [1.82, 2.24) is 5.32 Å². The Morgan fingerprint density at radius 2 is 1.90 bits per heavy atom. The molecule has 1 aromatic carbocycles. The molecule has 2 N–H and O–H groups in total. The number of carbonyl (C=O) groups is 2. The fourth-order valence-corrected chi connectivity index (χ4v) is 2.01. The molecular weight excluding hydrogens is 270 g/mol. The van der Waals surface area contributed by atoms with Crippen LogP contribution in [-0.2, 0) is 22.4 Å². The molecule has 110 valence electrons. The van der Waals surface area contributed by atoms with E-state index in [2.05, 4.69) is 5.32 Å². The Hall–Kier alpha value is -2.56. The maximum absolute atomic E-state index is 11.8. The standard InChI is InChI=1S/C16H17NO4/c18-15(9-8-13-7-4-10-21-13)17-14(16(19)20)11-12-5-2-1-3-6-12/h1-7,10,14H,8-9,11H2,(H,17,18)(H,19,20). The van der Waals surface area contributed by atoms with Gasteiger partial charge in [-0.2, -0.15) is 0 Å². The summed E-state index contributed by atoms with van der Waals surface area (Å²) in [7, 11) is 0. The molecular formula is C16H17NO4. The van der Waals surface area contributed by atoms with E-state index in [4.69, 9.17) is 4.42 Å². The Morgan fingerprint density at radius 3 is 2.52 bits per heavy atom. The van der Waals surface area contributed by atoms with Gasteiger partial charge in [0.05, 0.1) is 6.26 Å². The van der Waals surface area contributed by atoms with E-state index in [1.54, 1.807) is 18.4 Å². The minimum Gasteiger partial charge on any atom is -0.480 e. The molecule has 0 aliphatic heterocycles.